The highest BCUT2D eigenvalue weighted by atomic mass is 28.2. The van der Waals surface area contributed by atoms with E-state index in [9.17, 15) is 0 Å². The molecule has 0 fully saturated rings. The largest absolute Gasteiger partial charge is 0.535 e. The van der Waals surface area contributed by atoms with Gasteiger partial charge in [-0.15, -0.1) is 0 Å². The molecule has 4 heteroatoms. The fourth-order valence-electron chi connectivity index (χ4n) is 1.24. The van der Waals surface area contributed by atoms with E-state index in [-0.39, 0.29) is 15.7 Å². The standard InChI is InChI=1S/C13H18O3Si/c1-4-11-8-7-9-12(10-11)16-17-13(14-5-2)15-6-3/h4,7-10,13H,1,5-6H2,2-3H3. The van der Waals surface area contributed by atoms with Crippen molar-refractivity contribution in [2.75, 3.05) is 13.2 Å². The van der Waals surface area contributed by atoms with Crippen LogP contribution in [0.15, 0.2) is 30.8 Å². The van der Waals surface area contributed by atoms with Gasteiger partial charge >= 0.3 is 9.76 Å². The summed E-state index contributed by atoms with van der Waals surface area (Å²) in [7, 11) is 0.133. The smallest absolute Gasteiger partial charge is 0.376 e. The first kappa shape index (κ1) is 14.0. The van der Waals surface area contributed by atoms with Crippen molar-refractivity contribution in [2.24, 2.45) is 0 Å². The molecule has 0 amide bonds. The monoisotopic (exact) mass is 250 g/mol. The zero-order chi connectivity index (χ0) is 12.5. The Labute approximate surface area is 105 Å². The molecule has 0 aliphatic heterocycles. The third-order valence-electron chi connectivity index (χ3n) is 2.00. The highest BCUT2D eigenvalue weighted by Crippen LogP contribution is 2.14. The summed E-state index contributed by atoms with van der Waals surface area (Å²) in [5.41, 5.74) is 1.04. The van der Waals surface area contributed by atoms with Crippen LogP contribution in [0.3, 0.4) is 0 Å². The van der Waals surface area contributed by atoms with Crippen molar-refractivity contribution in [1.29, 1.82) is 0 Å². The van der Waals surface area contributed by atoms with E-state index in [1.807, 2.05) is 38.1 Å². The zero-order valence-electron chi connectivity index (χ0n) is 10.3. The fraction of sp³-hybridized carbons (Fsp3) is 0.385. The minimum atomic E-state index is -0.280. The molecule has 2 radical (unpaired) electrons. The first-order valence-electron chi connectivity index (χ1n) is 5.68. The molecule has 0 saturated carbocycles. The van der Waals surface area contributed by atoms with Crippen LogP contribution in [0.2, 0.25) is 0 Å². The Kier molecular flexibility index (Phi) is 6.62. The number of hydrogen-bond acceptors (Lipinski definition) is 3. The summed E-state index contributed by atoms with van der Waals surface area (Å²) in [4.78, 5) is 0. The maximum Gasteiger partial charge on any atom is 0.376 e. The maximum absolute atomic E-state index is 5.65. The average molecular weight is 250 g/mol. The van der Waals surface area contributed by atoms with Gasteiger partial charge in [0.2, 0.25) is 0 Å². The van der Waals surface area contributed by atoms with Gasteiger partial charge in [0, 0.05) is 13.2 Å². The van der Waals surface area contributed by atoms with E-state index in [4.69, 9.17) is 13.9 Å². The van der Waals surface area contributed by atoms with E-state index >= 15 is 0 Å². The van der Waals surface area contributed by atoms with Gasteiger partial charge in [0.15, 0.2) is 5.91 Å². The van der Waals surface area contributed by atoms with Crippen molar-refractivity contribution in [3.63, 3.8) is 0 Å². The lowest BCUT2D eigenvalue weighted by atomic mass is 10.2. The second-order valence-electron chi connectivity index (χ2n) is 3.24. The molecule has 1 aromatic carbocycles. The molecule has 1 aromatic rings. The van der Waals surface area contributed by atoms with Crippen molar-refractivity contribution in [3.05, 3.63) is 36.4 Å². The highest BCUT2D eigenvalue weighted by Gasteiger charge is 2.12. The summed E-state index contributed by atoms with van der Waals surface area (Å²) in [5, 5.41) is 0. The predicted molar refractivity (Wildman–Crippen MR) is 70.0 cm³/mol. The van der Waals surface area contributed by atoms with Crippen molar-refractivity contribution in [3.8, 4) is 5.75 Å². The van der Waals surface area contributed by atoms with Crippen molar-refractivity contribution < 1.29 is 13.9 Å². The molecule has 0 aromatic heterocycles. The van der Waals surface area contributed by atoms with E-state index in [2.05, 4.69) is 6.58 Å². The van der Waals surface area contributed by atoms with E-state index < -0.39 is 0 Å². The molecule has 0 bridgehead atoms. The molecule has 0 saturated heterocycles. The molecule has 3 nitrogen and oxygen atoms in total. The Morgan fingerprint density at radius 2 is 2.00 bits per heavy atom. The first-order valence-corrected chi connectivity index (χ1v) is 6.66. The molecule has 0 aliphatic rings. The molecular formula is C13H18O3Si. The molecule has 0 heterocycles. The summed E-state index contributed by atoms with van der Waals surface area (Å²) in [6.45, 7) is 8.84. The van der Waals surface area contributed by atoms with Crippen molar-refractivity contribution in [2.45, 2.75) is 19.8 Å². The SMILES string of the molecule is C=Cc1cccc(O[Si]C(OCC)OCC)c1. The second-order valence-corrected chi connectivity index (χ2v) is 4.15. The van der Waals surface area contributed by atoms with Gasteiger partial charge in [-0.25, -0.2) is 0 Å². The summed E-state index contributed by atoms with van der Waals surface area (Å²) in [6.07, 6.45) is 1.79. The fourth-order valence-corrected chi connectivity index (χ4v) is 2.07. The highest BCUT2D eigenvalue weighted by molar-refractivity contribution is 6.29. The maximum atomic E-state index is 5.65. The van der Waals surface area contributed by atoms with Crippen LogP contribution in [0.1, 0.15) is 19.4 Å². The van der Waals surface area contributed by atoms with Crippen LogP contribution in [-0.2, 0) is 9.47 Å². The number of rotatable bonds is 8. The molecule has 92 valence electrons. The Morgan fingerprint density at radius 3 is 2.59 bits per heavy atom. The van der Waals surface area contributed by atoms with Gasteiger partial charge in [-0.1, -0.05) is 24.8 Å². The minimum Gasteiger partial charge on any atom is -0.535 e. The van der Waals surface area contributed by atoms with Crippen LogP contribution in [0, 0.1) is 0 Å². The van der Waals surface area contributed by atoms with E-state index in [0.29, 0.717) is 13.2 Å². The second kappa shape index (κ2) is 8.06. The zero-order valence-corrected chi connectivity index (χ0v) is 11.3. The first-order chi connectivity index (χ1) is 8.30. The number of ether oxygens (including phenoxy) is 2. The van der Waals surface area contributed by atoms with Crippen molar-refractivity contribution in [1.82, 2.24) is 0 Å². The van der Waals surface area contributed by atoms with Gasteiger partial charge in [0.05, 0.1) is 0 Å². The molecule has 0 unspecified atom stereocenters. The van der Waals surface area contributed by atoms with Crippen LogP contribution in [-0.4, -0.2) is 28.9 Å². The Bertz CT molecular complexity index is 335. The summed E-state index contributed by atoms with van der Waals surface area (Å²) in [5.74, 6) is 0.530. The Morgan fingerprint density at radius 1 is 1.29 bits per heavy atom. The van der Waals surface area contributed by atoms with Gasteiger partial charge in [-0.05, 0) is 31.5 Å². The lowest BCUT2D eigenvalue weighted by Crippen LogP contribution is -2.28. The molecule has 0 spiro atoms. The van der Waals surface area contributed by atoms with Gasteiger partial charge in [-0.2, -0.15) is 0 Å². The van der Waals surface area contributed by atoms with Crippen LogP contribution >= 0.6 is 0 Å². The number of hydrogen-bond donors (Lipinski definition) is 0. The molecule has 1 rings (SSSR count). The van der Waals surface area contributed by atoms with E-state index in [0.717, 1.165) is 11.3 Å². The predicted octanol–water partition coefficient (Wildman–Crippen LogP) is 2.68. The van der Waals surface area contributed by atoms with Gasteiger partial charge in [-0.3, -0.25) is 0 Å². The topological polar surface area (TPSA) is 27.7 Å². The van der Waals surface area contributed by atoms with Gasteiger partial charge < -0.3 is 13.9 Å². The average Bonchev–Trinajstić information content (AvgIpc) is 2.37. The van der Waals surface area contributed by atoms with Crippen molar-refractivity contribution >= 4 is 15.8 Å². The Balaban J connectivity index is 2.49. The van der Waals surface area contributed by atoms with Gasteiger partial charge in [0.25, 0.3) is 0 Å². The quantitative estimate of drug-likeness (QED) is 0.524. The van der Waals surface area contributed by atoms with E-state index in [1.54, 1.807) is 6.08 Å². The molecule has 0 aliphatic carbocycles. The summed E-state index contributed by atoms with van der Waals surface area (Å²) >= 11 is 0. The lowest BCUT2D eigenvalue weighted by Gasteiger charge is -2.15. The summed E-state index contributed by atoms with van der Waals surface area (Å²) in [6, 6.07) is 7.77. The van der Waals surface area contributed by atoms with Gasteiger partial charge in [0.1, 0.15) is 5.75 Å². The normalized spacial score (nSPS) is 10.5. The van der Waals surface area contributed by atoms with Crippen LogP contribution in [0.4, 0.5) is 0 Å². The lowest BCUT2D eigenvalue weighted by molar-refractivity contribution is -0.0871. The van der Waals surface area contributed by atoms with Crippen LogP contribution < -0.4 is 4.43 Å². The Hall–Kier alpha value is -1.10. The minimum absolute atomic E-state index is 0.133. The van der Waals surface area contributed by atoms with Crippen LogP contribution in [0.25, 0.3) is 6.08 Å². The third-order valence-corrected chi connectivity index (χ3v) is 2.88. The molecule has 0 atom stereocenters. The molecule has 0 N–H and O–H groups in total. The van der Waals surface area contributed by atoms with Crippen LogP contribution in [0.5, 0.6) is 5.75 Å². The molecule has 17 heavy (non-hydrogen) atoms. The summed E-state index contributed by atoms with van der Waals surface area (Å²) < 4.78 is 16.5. The number of benzene rings is 1. The molecular weight excluding hydrogens is 232 g/mol. The van der Waals surface area contributed by atoms with E-state index in [1.165, 1.54) is 0 Å². The third kappa shape index (κ3) is 5.17.